The Morgan fingerprint density at radius 3 is 2.95 bits per heavy atom. The van der Waals surface area contributed by atoms with Crippen LogP contribution in [0.15, 0.2) is 11.3 Å². The van der Waals surface area contributed by atoms with Crippen LogP contribution in [0.1, 0.15) is 38.4 Å². The Bertz CT molecular complexity index is 468. The number of hydrogen-bond donors (Lipinski definition) is 2. The lowest BCUT2D eigenvalue weighted by Gasteiger charge is -2.35. The standard InChI is InChI=1S/C15H29N7/c1-4-13-7-5-6-9-22(13)10-8-17-15(16-2)18-11-14-20-19-12-21(14)3/h12-13H,4-11H2,1-3H3,(H2,16,17,18). The fourth-order valence-electron chi connectivity index (χ4n) is 2.99. The summed E-state index contributed by atoms with van der Waals surface area (Å²) in [5, 5.41) is 14.6. The lowest BCUT2D eigenvalue weighted by atomic mass is 10.0. The molecule has 2 rings (SSSR count). The smallest absolute Gasteiger partial charge is 0.191 e. The van der Waals surface area contributed by atoms with Gasteiger partial charge < -0.3 is 15.2 Å². The molecule has 1 saturated heterocycles. The number of aliphatic imine (C=N–C) groups is 1. The lowest BCUT2D eigenvalue weighted by molar-refractivity contribution is 0.147. The van der Waals surface area contributed by atoms with Crippen molar-refractivity contribution in [2.75, 3.05) is 26.7 Å². The van der Waals surface area contributed by atoms with Gasteiger partial charge in [0.15, 0.2) is 11.8 Å². The predicted molar refractivity (Wildman–Crippen MR) is 88.7 cm³/mol. The first-order valence-corrected chi connectivity index (χ1v) is 8.26. The lowest BCUT2D eigenvalue weighted by Crippen LogP contribution is -2.45. The van der Waals surface area contributed by atoms with Gasteiger partial charge in [0.1, 0.15) is 6.33 Å². The Hall–Kier alpha value is -1.63. The molecule has 0 saturated carbocycles. The number of aryl methyl sites for hydroxylation is 1. The molecule has 1 aromatic rings. The van der Waals surface area contributed by atoms with E-state index in [2.05, 4.69) is 37.6 Å². The zero-order valence-electron chi connectivity index (χ0n) is 14.0. The fraction of sp³-hybridized carbons (Fsp3) is 0.800. The summed E-state index contributed by atoms with van der Waals surface area (Å²) in [5.41, 5.74) is 0. The van der Waals surface area contributed by atoms with Crippen LogP contribution in [0.5, 0.6) is 0 Å². The average Bonchev–Trinajstić information content (AvgIpc) is 2.96. The van der Waals surface area contributed by atoms with Crippen molar-refractivity contribution in [2.45, 2.75) is 45.2 Å². The quantitative estimate of drug-likeness (QED) is 0.599. The Balaban J connectivity index is 1.71. The first-order chi connectivity index (χ1) is 10.7. The summed E-state index contributed by atoms with van der Waals surface area (Å²) in [7, 11) is 3.73. The Morgan fingerprint density at radius 2 is 2.27 bits per heavy atom. The summed E-state index contributed by atoms with van der Waals surface area (Å²) in [6.07, 6.45) is 7.00. The van der Waals surface area contributed by atoms with Gasteiger partial charge in [0.2, 0.25) is 0 Å². The molecule has 1 unspecified atom stereocenters. The van der Waals surface area contributed by atoms with E-state index in [1.807, 2.05) is 11.6 Å². The fourth-order valence-corrected chi connectivity index (χ4v) is 2.99. The minimum Gasteiger partial charge on any atom is -0.355 e. The maximum atomic E-state index is 4.26. The van der Waals surface area contributed by atoms with Crippen molar-refractivity contribution in [3.05, 3.63) is 12.2 Å². The van der Waals surface area contributed by atoms with E-state index in [0.29, 0.717) is 6.54 Å². The highest BCUT2D eigenvalue weighted by molar-refractivity contribution is 5.79. The van der Waals surface area contributed by atoms with E-state index in [-0.39, 0.29) is 0 Å². The maximum Gasteiger partial charge on any atom is 0.191 e. The molecule has 0 bridgehead atoms. The van der Waals surface area contributed by atoms with E-state index in [0.717, 1.165) is 30.9 Å². The summed E-state index contributed by atoms with van der Waals surface area (Å²) in [6.45, 7) is 6.12. The van der Waals surface area contributed by atoms with Gasteiger partial charge in [-0.25, -0.2) is 0 Å². The topological polar surface area (TPSA) is 70.4 Å². The summed E-state index contributed by atoms with van der Waals surface area (Å²) in [6, 6.07) is 0.754. The van der Waals surface area contributed by atoms with Crippen LogP contribution in [-0.2, 0) is 13.6 Å². The molecule has 22 heavy (non-hydrogen) atoms. The number of nitrogens with zero attached hydrogens (tertiary/aromatic N) is 5. The summed E-state index contributed by atoms with van der Waals surface area (Å²) in [5.74, 6) is 1.71. The molecule has 0 aromatic carbocycles. The zero-order chi connectivity index (χ0) is 15.8. The molecule has 1 atom stereocenters. The Labute approximate surface area is 133 Å². The number of aromatic nitrogens is 3. The van der Waals surface area contributed by atoms with Crippen LogP contribution < -0.4 is 10.6 Å². The number of hydrogen-bond acceptors (Lipinski definition) is 4. The Morgan fingerprint density at radius 1 is 1.41 bits per heavy atom. The second kappa shape index (κ2) is 8.73. The highest BCUT2D eigenvalue weighted by Gasteiger charge is 2.19. The van der Waals surface area contributed by atoms with Crippen molar-refractivity contribution < 1.29 is 0 Å². The van der Waals surface area contributed by atoms with Gasteiger partial charge in [-0.2, -0.15) is 0 Å². The van der Waals surface area contributed by atoms with Gasteiger partial charge in [0.05, 0.1) is 6.54 Å². The molecule has 1 aliphatic rings. The summed E-state index contributed by atoms with van der Waals surface area (Å²) >= 11 is 0. The minimum atomic E-state index is 0.622. The van der Waals surface area contributed by atoms with Crippen molar-refractivity contribution in [2.24, 2.45) is 12.0 Å². The monoisotopic (exact) mass is 307 g/mol. The molecule has 124 valence electrons. The van der Waals surface area contributed by atoms with Crippen molar-refractivity contribution >= 4 is 5.96 Å². The van der Waals surface area contributed by atoms with Gasteiger partial charge in [-0.1, -0.05) is 13.3 Å². The second-order valence-electron chi connectivity index (χ2n) is 5.80. The van der Waals surface area contributed by atoms with Gasteiger partial charge in [-0.3, -0.25) is 9.89 Å². The largest absolute Gasteiger partial charge is 0.355 e. The van der Waals surface area contributed by atoms with Gasteiger partial charge in [0, 0.05) is 33.2 Å². The normalized spacial score (nSPS) is 20.1. The molecule has 0 radical (unpaired) electrons. The van der Waals surface area contributed by atoms with Crippen LogP contribution in [0.4, 0.5) is 0 Å². The Kier molecular flexibility index (Phi) is 6.64. The van der Waals surface area contributed by atoms with Crippen LogP contribution in [-0.4, -0.2) is 58.3 Å². The molecule has 0 aliphatic carbocycles. The van der Waals surface area contributed by atoms with Crippen molar-refractivity contribution in [1.29, 1.82) is 0 Å². The SMILES string of the molecule is CCC1CCCCN1CCNC(=NC)NCc1nncn1C. The highest BCUT2D eigenvalue weighted by atomic mass is 15.3. The van der Waals surface area contributed by atoms with E-state index in [9.17, 15) is 0 Å². The van der Waals surface area contributed by atoms with E-state index in [1.165, 1.54) is 32.2 Å². The van der Waals surface area contributed by atoms with Crippen LogP contribution in [0.3, 0.4) is 0 Å². The van der Waals surface area contributed by atoms with Crippen LogP contribution in [0.25, 0.3) is 0 Å². The van der Waals surface area contributed by atoms with Crippen molar-refractivity contribution in [1.82, 2.24) is 30.3 Å². The van der Waals surface area contributed by atoms with E-state index in [1.54, 1.807) is 13.4 Å². The van der Waals surface area contributed by atoms with Gasteiger partial charge in [0.25, 0.3) is 0 Å². The molecule has 1 aliphatic heterocycles. The van der Waals surface area contributed by atoms with Crippen LogP contribution >= 0.6 is 0 Å². The molecule has 7 nitrogen and oxygen atoms in total. The van der Waals surface area contributed by atoms with E-state index < -0.39 is 0 Å². The summed E-state index contributed by atoms with van der Waals surface area (Å²) < 4.78 is 1.90. The van der Waals surface area contributed by atoms with Crippen LogP contribution in [0, 0.1) is 0 Å². The number of likely N-dealkylation sites (tertiary alicyclic amines) is 1. The highest BCUT2D eigenvalue weighted by Crippen LogP contribution is 2.18. The van der Waals surface area contributed by atoms with E-state index in [4.69, 9.17) is 0 Å². The molecule has 0 spiro atoms. The molecular formula is C15H29N7. The molecule has 2 N–H and O–H groups in total. The van der Waals surface area contributed by atoms with Crippen LogP contribution in [0.2, 0.25) is 0 Å². The van der Waals surface area contributed by atoms with Crippen molar-refractivity contribution in [3.63, 3.8) is 0 Å². The van der Waals surface area contributed by atoms with Gasteiger partial charge in [-0.05, 0) is 25.8 Å². The third kappa shape index (κ3) is 4.69. The molecule has 7 heteroatoms. The molecule has 2 heterocycles. The zero-order valence-corrected chi connectivity index (χ0v) is 14.0. The third-order valence-corrected chi connectivity index (χ3v) is 4.35. The van der Waals surface area contributed by atoms with Crippen molar-refractivity contribution in [3.8, 4) is 0 Å². The second-order valence-corrected chi connectivity index (χ2v) is 5.80. The molecular weight excluding hydrogens is 278 g/mol. The number of nitrogens with one attached hydrogen (secondary N) is 2. The van der Waals surface area contributed by atoms with Gasteiger partial charge in [-0.15, -0.1) is 10.2 Å². The number of piperidine rings is 1. The van der Waals surface area contributed by atoms with Gasteiger partial charge >= 0.3 is 0 Å². The summed E-state index contributed by atoms with van der Waals surface area (Å²) in [4.78, 5) is 6.86. The molecule has 1 fully saturated rings. The molecule has 1 aromatic heterocycles. The minimum absolute atomic E-state index is 0.622. The number of rotatable bonds is 6. The number of guanidine groups is 1. The average molecular weight is 307 g/mol. The molecule has 0 amide bonds. The maximum absolute atomic E-state index is 4.26. The third-order valence-electron chi connectivity index (χ3n) is 4.35. The first-order valence-electron chi connectivity index (χ1n) is 8.26. The first kappa shape index (κ1) is 16.7. The predicted octanol–water partition coefficient (Wildman–Crippen LogP) is 0.745. The van der Waals surface area contributed by atoms with E-state index >= 15 is 0 Å².